The molecule has 0 saturated carbocycles. The quantitative estimate of drug-likeness (QED) is 0.383. The zero-order valence-electron chi connectivity index (χ0n) is 20.5. The second-order valence-electron chi connectivity index (χ2n) is 9.00. The molecule has 0 saturated heterocycles. The molecule has 0 aliphatic carbocycles. The molecular formula is C29H33FN2O2S. The molecule has 6 heteroatoms. The second-order valence-corrected chi connectivity index (χ2v) is 9.98. The fourth-order valence-electron chi connectivity index (χ4n) is 3.74. The molecule has 0 aliphatic rings. The maximum absolute atomic E-state index is 13.5. The average molecular weight is 493 g/mol. The molecule has 0 spiro atoms. The van der Waals surface area contributed by atoms with Crippen molar-refractivity contribution >= 4 is 23.6 Å². The van der Waals surface area contributed by atoms with Gasteiger partial charge in [-0.2, -0.15) is 0 Å². The van der Waals surface area contributed by atoms with Crippen LogP contribution in [0.2, 0.25) is 0 Å². The van der Waals surface area contributed by atoms with E-state index in [1.807, 2.05) is 51.1 Å². The van der Waals surface area contributed by atoms with E-state index in [-0.39, 0.29) is 36.0 Å². The molecule has 1 unspecified atom stereocenters. The molecule has 0 fully saturated rings. The number of amides is 2. The minimum absolute atomic E-state index is 0.0561. The van der Waals surface area contributed by atoms with Crippen LogP contribution in [-0.4, -0.2) is 34.6 Å². The fourth-order valence-corrected chi connectivity index (χ4v) is 4.62. The number of rotatable bonds is 11. The number of benzene rings is 3. The van der Waals surface area contributed by atoms with Crippen LogP contribution in [0.15, 0.2) is 78.9 Å². The van der Waals surface area contributed by atoms with E-state index in [9.17, 15) is 14.0 Å². The van der Waals surface area contributed by atoms with Gasteiger partial charge >= 0.3 is 0 Å². The van der Waals surface area contributed by atoms with Crippen molar-refractivity contribution in [2.45, 2.75) is 51.6 Å². The number of nitrogens with one attached hydrogen (secondary N) is 1. The molecule has 2 amide bonds. The first-order valence-electron chi connectivity index (χ1n) is 11.8. The van der Waals surface area contributed by atoms with E-state index in [2.05, 4.69) is 29.6 Å². The van der Waals surface area contributed by atoms with Gasteiger partial charge < -0.3 is 10.2 Å². The van der Waals surface area contributed by atoms with Gasteiger partial charge in [0.1, 0.15) is 11.9 Å². The maximum Gasteiger partial charge on any atom is 0.243 e. The number of hydrogen-bond donors (Lipinski definition) is 1. The Hall–Kier alpha value is -3.12. The van der Waals surface area contributed by atoms with Gasteiger partial charge in [-0.1, -0.05) is 72.3 Å². The van der Waals surface area contributed by atoms with Crippen molar-refractivity contribution in [2.24, 2.45) is 0 Å². The number of thioether (sulfide) groups is 1. The molecule has 0 bridgehead atoms. The van der Waals surface area contributed by atoms with E-state index in [4.69, 9.17) is 0 Å². The molecule has 0 radical (unpaired) electrons. The van der Waals surface area contributed by atoms with Crippen LogP contribution in [0, 0.1) is 12.7 Å². The monoisotopic (exact) mass is 492 g/mol. The highest BCUT2D eigenvalue weighted by atomic mass is 32.2. The average Bonchev–Trinajstić information content (AvgIpc) is 2.84. The summed E-state index contributed by atoms with van der Waals surface area (Å²) >= 11 is 1.53. The van der Waals surface area contributed by atoms with Crippen LogP contribution in [0.1, 0.15) is 36.1 Å². The van der Waals surface area contributed by atoms with E-state index < -0.39 is 6.04 Å². The molecule has 0 aliphatic heterocycles. The predicted molar refractivity (Wildman–Crippen MR) is 142 cm³/mol. The summed E-state index contributed by atoms with van der Waals surface area (Å²) in [6.45, 7) is 6.08. The van der Waals surface area contributed by atoms with Gasteiger partial charge in [0.25, 0.3) is 0 Å². The topological polar surface area (TPSA) is 49.4 Å². The molecule has 3 rings (SSSR count). The number of hydrogen-bond acceptors (Lipinski definition) is 3. The molecule has 4 nitrogen and oxygen atoms in total. The predicted octanol–water partition coefficient (Wildman–Crippen LogP) is 5.53. The lowest BCUT2D eigenvalue weighted by Gasteiger charge is -2.32. The smallest absolute Gasteiger partial charge is 0.243 e. The standard InChI is InChI=1S/C29H33FN2O2S/c1-21(2)31-29(34)27(17-23-7-5-4-6-8-23)32(18-24-13-15-26(30)16-14-24)28(33)20-35-19-25-11-9-22(3)10-12-25/h4-16,21,27H,17-20H2,1-3H3,(H,31,34). The molecule has 3 aromatic carbocycles. The Labute approximate surface area is 211 Å². The van der Waals surface area contributed by atoms with Gasteiger partial charge in [-0.05, 0) is 49.6 Å². The summed E-state index contributed by atoms with van der Waals surface area (Å²) in [6, 6.07) is 23.3. The first-order chi connectivity index (χ1) is 16.8. The molecule has 35 heavy (non-hydrogen) atoms. The van der Waals surface area contributed by atoms with Crippen molar-refractivity contribution in [3.63, 3.8) is 0 Å². The maximum atomic E-state index is 13.5. The van der Waals surface area contributed by atoms with E-state index in [0.717, 1.165) is 16.7 Å². The van der Waals surface area contributed by atoms with Gasteiger partial charge in [0.05, 0.1) is 5.75 Å². The highest BCUT2D eigenvalue weighted by molar-refractivity contribution is 7.99. The van der Waals surface area contributed by atoms with Crippen LogP contribution >= 0.6 is 11.8 Å². The molecule has 184 valence electrons. The lowest BCUT2D eigenvalue weighted by molar-refractivity contribution is -0.139. The second kappa shape index (κ2) is 13.1. The van der Waals surface area contributed by atoms with Crippen LogP contribution in [-0.2, 0) is 28.3 Å². The minimum Gasteiger partial charge on any atom is -0.352 e. The normalized spacial score (nSPS) is 11.8. The number of carbonyl (C=O) groups excluding carboxylic acids is 2. The van der Waals surface area contributed by atoms with E-state index in [1.165, 1.54) is 29.5 Å². The first kappa shape index (κ1) is 26.5. The van der Waals surface area contributed by atoms with Gasteiger partial charge in [0, 0.05) is 24.8 Å². The molecule has 3 aromatic rings. The molecule has 1 atom stereocenters. The zero-order valence-corrected chi connectivity index (χ0v) is 21.4. The van der Waals surface area contributed by atoms with Crippen molar-refractivity contribution in [2.75, 3.05) is 5.75 Å². The third kappa shape index (κ3) is 8.55. The lowest BCUT2D eigenvalue weighted by Crippen LogP contribution is -2.52. The van der Waals surface area contributed by atoms with Crippen LogP contribution in [0.3, 0.4) is 0 Å². The van der Waals surface area contributed by atoms with Crippen LogP contribution < -0.4 is 5.32 Å². The largest absolute Gasteiger partial charge is 0.352 e. The summed E-state index contributed by atoms with van der Waals surface area (Å²) < 4.78 is 13.5. The summed E-state index contributed by atoms with van der Waals surface area (Å²) in [5.41, 5.74) is 4.09. The van der Waals surface area contributed by atoms with Gasteiger partial charge in [-0.25, -0.2) is 4.39 Å². The molecular weight excluding hydrogens is 459 g/mol. The van der Waals surface area contributed by atoms with Crippen LogP contribution in [0.5, 0.6) is 0 Å². The van der Waals surface area contributed by atoms with Crippen molar-refractivity contribution in [1.29, 1.82) is 0 Å². The minimum atomic E-state index is -0.683. The summed E-state index contributed by atoms with van der Waals surface area (Å²) in [5, 5.41) is 2.98. The van der Waals surface area contributed by atoms with E-state index in [0.29, 0.717) is 12.2 Å². The van der Waals surface area contributed by atoms with Gasteiger partial charge in [-0.3, -0.25) is 9.59 Å². The van der Waals surface area contributed by atoms with E-state index >= 15 is 0 Å². The highest BCUT2D eigenvalue weighted by Crippen LogP contribution is 2.19. The zero-order chi connectivity index (χ0) is 25.2. The number of nitrogens with zero attached hydrogens (tertiary/aromatic N) is 1. The summed E-state index contributed by atoms with van der Waals surface area (Å²) in [6.07, 6.45) is 0.398. The molecule has 0 heterocycles. The Bertz CT molecular complexity index is 1090. The third-order valence-corrected chi connectivity index (χ3v) is 6.57. The Balaban J connectivity index is 1.83. The Morgan fingerprint density at radius 3 is 2.14 bits per heavy atom. The summed E-state index contributed by atoms with van der Waals surface area (Å²) in [7, 11) is 0. The lowest BCUT2D eigenvalue weighted by atomic mass is 10.0. The summed E-state index contributed by atoms with van der Waals surface area (Å²) in [4.78, 5) is 28.5. The molecule has 0 aromatic heterocycles. The third-order valence-electron chi connectivity index (χ3n) is 5.58. The number of halogens is 1. The first-order valence-corrected chi connectivity index (χ1v) is 13.0. The van der Waals surface area contributed by atoms with Crippen molar-refractivity contribution in [3.8, 4) is 0 Å². The Morgan fingerprint density at radius 1 is 0.886 bits per heavy atom. The van der Waals surface area contributed by atoms with Crippen LogP contribution in [0.4, 0.5) is 4.39 Å². The summed E-state index contributed by atoms with van der Waals surface area (Å²) in [5.74, 6) is 0.306. The van der Waals surface area contributed by atoms with Crippen molar-refractivity contribution < 1.29 is 14.0 Å². The van der Waals surface area contributed by atoms with Crippen molar-refractivity contribution in [3.05, 3.63) is 107 Å². The number of carbonyl (C=O) groups is 2. The molecule has 1 N–H and O–H groups in total. The van der Waals surface area contributed by atoms with Crippen molar-refractivity contribution in [1.82, 2.24) is 10.2 Å². The van der Waals surface area contributed by atoms with Gasteiger partial charge in [0.2, 0.25) is 11.8 Å². The fraction of sp³-hybridized carbons (Fsp3) is 0.310. The highest BCUT2D eigenvalue weighted by Gasteiger charge is 2.30. The Morgan fingerprint density at radius 2 is 1.51 bits per heavy atom. The Kier molecular flexibility index (Phi) is 9.91. The number of aryl methyl sites for hydroxylation is 1. The van der Waals surface area contributed by atoms with Gasteiger partial charge in [0.15, 0.2) is 0 Å². The van der Waals surface area contributed by atoms with E-state index in [1.54, 1.807) is 17.0 Å². The van der Waals surface area contributed by atoms with Gasteiger partial charge in [-0.15, -0.1) is 11.8 Å². The van der Waals surface area contributed by atoms with Crippen LogP contribution in [0.25, 0.3) is 0 Å². The SMILES string of the molecule is Cc1ccc(CSCC(=O)N(Cc2ccc(F)cc2)C(Cc2ccccc2)C(=O)NC(C)C)cc1.